The van der Waals surface area contributed by atoms with Crippen molar-refractivity contribution in [3.8, 4) is 0 Å². The SMILES string of the molecule is COC[C@H](Nc1n[nH]c2c1S(=O)CC2)C(C)C. The lowest BCUT2D eigenvalue weighted by molar-refractivity contribution is 0.171. The summed E-state index contributed by atoms with van der Waals surface area (Å²) in [5.41, 5.74) is 1.01. The van der Waals surface area contributed by atoms with Gasteiger partial charge in [-0.15, -0.1) is 0 Å². The minimum Gasteiger partial charge on any atom is -0.383 e. The Balaban J connectivity index is 2.15. The summed E-state index contributed by atoms with van der Waals surface area (Å²) in [5, 5.41) is 10.5. The number of nitrogens with zero attached hydrogens (tertiary/aromatic N) is 1. The zero-order valence-corrected chi connectivity index (χ0v) is 11.3. The van der Waals surface area contributed by atoms with Crippen molar-refractivity contribution < 1.29 is 8.95 Å². The van der Waals surface area contributed by atoms with E-state index >= 15 is 0 Å². The van der Waals surface area contributed by atoms with Crippen molar-refractivity contribution in [2.24, 2.45) is 5.92 Å². The van der Waals surface area contributed by atoms with Crippen LogP contribution in [0.25, 0.3) is 0 Å². The third-order valence-electron chi connectivity index (χ3n) is 3.03. The van der Waals surface area contributed by atoms with Gasteiger partial charge in [0.2, 0.25) is 0 Å². The van der Waals surface area contributed by atoms with E-state index in [1.807, 2.05) is 0 Å². The molecule has 0 bridgehead atoms. The average molecular weight is 257 g/mol. The maximum Gasteiger partial charge on any atom is 0.164 e. The van der Waals surface area contributed by atoms with Crippen molar-refractivity contribution in [2.45, 2.75) is 31.2 Å². The molecule has 6 heteroatoms. The zero-order chi connectivity index (χ0) is 12.4. The molecule has 0 saturated carbocycles. The van der Waals surface area contributed by atoms with Gasteiger partial charge in [-0.2, -0.15) is 5.10 Å². The fourth-order valence-electron chi connectivity index (χ4n) is 1.93. The zero-order valence-electron chi connectivity index (χ0n) is 10.4. The van der Waals surface area contributed by atoms with Crippen LogP contribution in [-0.2, 0) is 22.0 Å². The fourth-order valence-corrected chi connectivity index (χ4v) is 3.27. The summed E-state index contributed by atoms with van der Waals surface area (Å²) >= 11 is 0. The van der Waals surface area contributed by atoms with Crippen molar-refractivity contribution in [3.05, 3.63) is 5.69 Å². The lowest BCUT2D eigenvalue weighted by Gasteiger charge is -2.21. The van der Waals surface area contributed by atoms with Gasteiger partial charge in [0.25, 0.3) is 0 Å². The van der Waals surface area contributed by atoms with Gasteiger partial charge in [-0.3, -0.25) is 9.31 Å². The van der Waals surface area contributed by atoms with Crippen LogP contribution < -0.4 is 5.32 Å². The molecule has 2 heterocycles. The van der Waals surface area contributed by atoms with Crippen LogP contribution in [0.4, 0.5) is 5.82 Å². The molecule has 17 heavy (non-hydrogen) atoms. The van der Waals surface area contributed by atoms with E-state index < -0.39 is 10.8 Å². The Labute approximate surface area is 104 Å². The van der Waals surface area contributed by atoms with E-state index in [0.717, 1.165) is 22.8 Å². The van der Waals surface area contributed by atoms with Crippen LogP contribution in [0.1, 0.15) is 19.5 Å². The number of ether oxygens (including phenoxy) is 1. The molecule has 0 saturated heterocycles. The molecule has 2 atom stereocenters. The smallest absolute Gasteiger partial charge is 0.164 e. The monoisotopic (exact) mass is 257 g/mol. The Morgan fingerprint density at radius 2 is 2.35 bits per heavy atom. The van der Waals surface area contributed by atoms with Crippen LogP contribution in [0.2, 0.25) is 0 Å². The summed E-state index contributed by atoms with van der Waals surface area (Å²) < 4.78 is 17.0. The number of methoxy groups -OCH3 is 1. The molecule has 0 fully saturated rings. The van der Waals surface area contributed by atoms with Crippen LogP contribution in [0.3, 0.4) is 0 Å². The van der Waals surface area contributed by atoms with E-state index in [-0.39, 0.29) is 6.04 Å². The third-order valence-corrected chi connectivity index (χ3v) is 4.50. The number of hydrogen-bond acceptors (Lipinski definition) is 4. The van der Waals surface area contributed by atoms with Gasteiger partial charge in [0.05, 0.1) is 29.1 Å². The number of aryl methyl sites for hydroxylation is 1. The number of H-pyrrole nitrogens is 1. The Morgan fingerprint density at radius 1 is 1.59 bits per heavy atom. The van der Waals surface area contributed by atoms with Gasteiger partial charge >= 0.3 is 0 Å². The Kier molecular flexibility index (Phi) is 3.83. The maximum atomic E-state index is 11.8. The molecule has 0 spiro atoms. The van der Waals surface area contributed by atoms with Crippen LogP contribution in [0.5, 0.6) is 0 Å². The van der Waals surface area contributed by atoms with Crippen LogP contribution in [0, 0.1) is 5.92 Å². The third kappa shape index (κ3) is 2.52. The Hall–Kier alpha value is -0.880. The van der Waals surface area contributed by atoms with E-state index in [1.165, 1.54) is 0 Å². The van der Waals surface area contributed by atoms with E-state index in [2.05, 4.69) is 29.4 Å². The average Bonchev–Trinajstić information content (AvgIpc) is 2.83. The molecule has 1 aromatic heterocycles. The second-order valence-corrected chi connectivity index (χ2v) is 6.14. The van der Waals surface area contributed by atoms with E-state index in [4.69, 9.17) is 4.74 Å². The predicted molar refractivity (Wildman–Crippen MR) is 67.7 cm³/mol. The topological polar surface area (TPSA) is 67.0 Å². The normalized spacial score (nSPS) is 20.6. The molecule has 1 aliphatic rings. The number of hydrogen-bond donors (Lipinski definition) is 2. The molecule has 0 radical (unpaired) electrons. The molecule has 1 aliphatic heterocycles. The molecular weight excluding hydrogens is 238 g/mol. The van der Waals surface area contributed by atoms with E-state index in [0.29, 0.717) is 18.3 Å². The maximum absolute atomic E-state index is 11.8. The highest BCUT2D eigenvalue weighted by atomic mass is 32.2. The fraction of sp³-hybridized carbons (Fsp3) is 0.727. The predicted octanol–water partition coefficient (Wildman–Crippen LogP) is 1.16. The summed E-state index contributed by atoms with van der Waals surface area (Å²) in [6.07, 6.45) is 0.827. The highest BCUT2D eigenvalue weighted by Gasteiger charge is 2.27. The molecule has 1 unspecified atom stereocenters. The van der Waals surface area contributed by atoms with Gasteiger partial charge in [-0.25, -0.2) is 0 Å². The second kappa shape index (κ2) is 5.18. The molecule has 2 N–H and O–H groups in total. The van der Waals surface area contributed by atoms with Crippen molar-refractivity contribution in [3.63, 3.8) is 0 Å². The largest absolute Gasteiger partial charge is 0.383 e. The minimum absolute atomic E-state index is 0.185. The van der Waals surface area contributed by atoms with Crippen LogP contribution in [-0.4, -0.2) is 39.9 Å². The number of nitrogens with one attached hydrogen (secondary N) is 2. The molecular formula is C11H19N3O2S. The first-order valence-electron chi connectivity index (χ1n) is 5.84. The van der Waals surface area contributed by atoms with Crippen molar-refractivity contribution in [2.75, 3.05) is 24.8 Å². The summed E-state index contributed by atoms with van der Waals surface area (Å²) in [5.74, 6) is 1.86. The van der Waals surface area contributed by atoms with E-state index in [9.17, 15) is 4.21 Å². The number of rotatable bonds is 5. The van der Waals surface area contributed by atoms with Crippen molar-refractivity contribution >= 4 is 16.6 Å². The summed E-state index contributed by atoms with van der Waals surface area (Å²) in [6.45, 7) is 4.87. The minimum atomic E-state index is -0.909. The highest BCUT2D eigenvalue weighted by molar-refractivity contribution is 7.85. The van der Waals surface area contributed by atoms with Gasteiger partial charge in [0.1, 0.15) is 4.90 Å². The van der Waals surface area contributed by atoms with Crippen LogP contribution in [0.15, 0.2) is 4.90 Å². The number of aromatic amines is 1. The summed E-state index contributed by atoms with van der Waals surface area (Å²) in [6, 6.07) is 0.185. The molecule has 96 valence electrons. The lowest BCUT2D eigenvalue weighted by atomic mass is 10.1. The first kappa shape index (κ1) is 12.6. The van der Waals surface area contributed by atoms with Crippen molar-refractivity contribution in [1.82, 2.24) is 10.2 Å². The van der Waals surface area contributed by atoms with Gasteiger partial charge in [-0.05, 0) is 5.92 Å². The van der Waals surface area contributed by atoms with Gasteiger partial charge < -0.3 is 10.1 Å². The molecule has 2 rings (SSSR count). The standard InChI is InChI=1S/C11H19N3O2S/c1-7(2)9(6-16-3)12-11-10-8(13-14-11)4-5-17(10)15/h7,9H,4-6H2,1-3H3,(H2,12,13,14)/t9-,17?/m0/s1. The first-order chi connectivity index (χ1) is 8.13. The Bertz CT molecular complexity index is 417. The summed E-state index contributed by atoms with van der Waals surface area (Å²) in [7, 11) is 0.776. The molecule has 1 aromatic rings. The first-order valence-corrected chi connectivity index (χ1v) is 7.16. The van der Waals surface area contributed by atoms with Crippen LogP contribution >= 0.6 is 0 Å². The van der Waals surface area contributed by atoms with Crippen molar-refractivity contribution in [1.29, 1.82) is 0 Å². The second-order valence-electron chi connectivity index (χ2n) is 4.63. The highest BCUT2D eigenvalue weighted by Crippen LogP contribution is 2.28. The Morgan fingerprint density at radius 3 is 3.00 bits per heavy atom. The van der Waals surface area contributed by atoms with E-state index in [1.54, 1.807) is 7.11 Å². The van der Waals surface area contributed by atoms with Gasteiger partial charge in [-0.1, -0.05) is 13.8 Å². The number of aromatic nitrogens is 2. The quantitative estimate of drug-likeness (QED) is 0.830. The molecule has 0 aromatic carbocycles. The molecule has 5 nitrogen and oxygen atoms in total. The number of anilines is 1. The van der Waals surface area contributed by atoms with Gasteiger partial charge in [0.15, 0.2) is 5.82 Å². The summed E-state index contributed by atoms with van der Waals surface area (Å²) in [4.78, 5) is 0.853. The molecule has 0 amide bonds. The lowest BCUT2D eigenvalue weighted by Crippen LogP contribution is -2.31. The number of fused-ring (bicyclic) bond motifs is 1. The van der Waals surface area contributed by atoms with Gasteiger partial charge in [0, 0.05) is 19.3 Å². The molecule has 0 aliphatic carbocycles.